The standard InChI is InChI=1S/C17H21NO/c1-13-9-16(11-18-3)10-14(2)17(13)19-12-15-7-5-4-6-8-15/h4-10,18H,11-12H2,1-3H3. The lowest BCUT2D eigenvalue weighted by molar-refractivity contribution is 0.302. The molecular weight excluding hydrogens is 234 g/mol. The smallest absolute Gasteiger partial charge is 0.125 e. The number of benzene rings is 2. The molecule has 0 fully saturated rings. The van der Waals surface area contributed by atoms with E-state index in [1.807, 2.05) is 25.2 Å². The van der Waals surface area contributed by atoms with Crippen molar-refractivity contribution in [3.8, 4) is 5.75 Å². The van der Waals surface area contributed by atoms with Crippen molar-refractivity contribution in [1.29, 1.82) is 0 Å². The van der Waals surface area contributed by atoms with Gasteiger partial charge in [0.25, 0.3) is 0 Å². The van der Waals surface area contributed by atoms with Crippen molar-refractivity contribution in [2.24, 2.45) is 0 Å². The molecule has 2 aromatic rings. The van der Waals surface area contributed by atoms with Gasteiger partial charge in [-0.3, -0.25) is 0 Å². The van der Waals surface area contributed by atoms with E-state index in [2.05, 4.69) is 43.4 Å². The van der Waals surface area contributed by atoms with E-state index in [0.29, 0.717) is 6.61 Å². The van der Waals surface area contributed by atoms with Crippen LogP contribution in [0.1, 0.15) is 22.3 Å². The lowest BCUT2D eigenvalue weighted by atomic mass is 10.1. The van der Waals surface area contributed by atoms with E-state index in [0.717, 1.165) is 12.3 Å². The topological polar surface area (TPSA) is 21.3 Å². The zero-order valence-electron chi connectivity index (χ0n) is 11.9. The molecule has 0 aliphatic carbocycles. The first kappa shape index (κ1) is 13.6. The SMILES string of the molecule is CNCc1cc(C)c(OCc2ccccc2)c(C)c1. The van der Waals surface area contributed by atoms with Crippen LogP contribution >= 0.6 is 0 Å². The van der Waals surface area contributed by atoms with Crippen molar-refractivity contribution in [3.63, 3.8) is 0 Å². The van der Waals surface area contributed by atoms with E-state index in [9.17, 15) is 0 Å². The van der Waals surface area contributed by atoms with Crippen molar-refractivity contribution in [1.82, 2.24) is 5.32 Å². The number of ether oxygens (including phenoxy) is 1. The maximum Gasteiger partial charge on any atom is 0.125 e. The van der Waals surface area contributed by atoms with Gasteiger partial charge in [0.2, 0.25) is 0 Å². The molecule has 0 atom stereocenters. The van der Waals surface area contributed by atoms with E-state index in [-0.39, 0.29) is 0 Å². The molecule has 0 radical (unpaired) electrons. The second kappa shape index (κ2) is 6.39. The van der Waals surface area contributed by atoms with Crippen LogP contribution in [0.25, 0.3) is 0 Å². The number of hydrogen-bond donors (Lipinski definition) is 1. The summed E-state index contributed by atoms with van der Waals surface area (Å²) >= 11 is 0. The van der Waals surface area contributed by atoms with Crippen LogP contribution in [0.3, 0.4) is 0 Å². The van der Waals surface area contributed by atoms with E-state index in [4.69, 9.17) is 4.74 Å². The minimum atomic E-state index is 0.619. The van der Waals surface area contributed by atoms with Crippen molar-refractivity contribution in [2.45, 2.75) is 27.0 Å². The summed E-state index contributed by atoms with van der Waals surface area (Å²) in [7, 11) is 1.96. The molecule has 0 aliphatic heterocycles. The second-order valence-electron chi connectivity index (χ2n) is 4.86. The van der Waals surface area contributed by atoms with Gasteiger partial charge in [-0.25, -0.2) is 0 Å². The highest BCUT2D eigenvalue weighted by atomic mass is 16.5. The molecule has 19 heavy (non-hydrogen) atoms. The second-order valence-corrected chi connectivity index (χ2v) is 4.86. The molecule has 100 valence electrons. The van der Waals surface area contributed by atoms with Gasteiger partial charge in [-0.1, -0.05) is 42.5 Å². The van der Waals surface area contributed by atoms with Crippen LogP contribution in [0.2, 0.25) is 0 Å². The fourth-order valence-corrected chi connectivity index (χ4v) is 2.30. The molecule has 2 heteroatoms. The van der Waals surface area contributed by atoms with E-state index >= 15 is 0 Å². The lowest BCUT2D eigenvalue weighted by Crippen LogP contribution is -2.06. The zero-order valence-corrected chi connectivity index (χ0v) is 11.9. The van der Waals surface area contributed by atoms with Gasteiger partial charge in [0, 0.05) is 6.54 Å². The summed E-state index contributed by atoms with van der Waals surface area (Å²) in [6.07, 6.45) is 0. The summed E-state index contributed by atoms with van der Waals surface area (Å²) in [5.41, 5.74) is 4.88. The molecule has 0 spiro atoms. The largest absolute Gasteiger partial charge is 0.488 e. The van der Waals surface area contributed by atoms with Gasteiger partial charge in [-0.15, -0.1) is 0 Å². The highest BCUT2D eigenvalue weighted by molar-refractivity contribution is 5.43. The quantitative estimate of drug-likeness (QED) is 0.881. The predicted molar refractivity (Wildman–Crippen MR) is 79.5 cm³/mol. The van der Waals surface area contributed by atoms with Crippen LogP contribution in [-0.2, 0) is 13.2 Å². The average molecular weight is 255 g/mol. The zero-order chi connectivity index (χ0) is 13.7. The van der Waals surface area contributed by atoms with E-state index in [1.54, 1.807) is 0 Å². The summed E-state index contributed by atoms with van der Waals surface area (Å²) < 4.78 is 5.97. The molecule has 0 aromatic heterocycles. The van der Waals surface area contributed by atoms with Crippen molar-refractivity contribution in [2.75, 3.05) is 7.05 Å². The van der Waals surface area contributed by atoms with Crippen LogP contribution in [0.15, 0.2) is 42.5 Å². The molecule has 0 unspecified atom stereocenters. The van der Waals surface area contributed by atoms with Gasteiger partial charge in [-0.05, 0) is 43.1 Å². The first-order valence-electron chi connectivity index (χ1n) is 6.62. The van der Waals surface area contributed by atoms with Gasteiger partial charge in [0.05, 0.1) is 0 Å². The molecule has 0 amide bonds. The fourth-order valence-electron chi connectivity index (χ4n) is 2.30. The summed E-state index contributed by atoms with van der Waals surface area (Å²) in [5, 5.41) is 3.17. The van der Waals surface area contributed by atoms with Crippen LogP contribution in [0.4, 0.5) is 0 Å². The van der Waals surface area contributed by atoms with Gasteiger partial charge >= 0.3 is 0 Å². The molecule has 2 aromatic carbocycles. The predicted octanol–water partition coefficient (Wildman–Crippen LogP) is 3.60. The molecule has 1 N–H and O–H groups in total. The van der Waals surface area contributed by atoms with Crippen molar-refractivity contribution < 1.29 is 4.74 Å². The minimum absolute atomic E-state index is 0.619. The number of aryl methyl sites for hydroxylation is 2. The fraction of sp³-hybridized carbons (Fsp3) is 0.294. The monoisotopic (exact) mass is 255 g/mol. The Morgan fingerprint density at radius 1 is 0.947 bits per heavy atom. The van der Waals surface area contributed by atoms with E-state index in [1.165, 1.54) is 22.3 Å². The maximum atomic E-state index is 5.97. The van der Waals surface area contributed by atoms with Gasteiger partial charge in [-0.2, -0.15) is 0 Å². The van der Waals surface area contributed by atoms with Crippen molar-refractivity contribution >= 4 is 0 Å². The maximum absolute atomic E-state index is 5.97. The normalized spacial score (nSPS) is 10.5. The van der Waals surface area contributed by atoms with E-state index < -0.39 is 0 Å². The molecule has 0 heterocycles. The first-order chi connectivity index (χ1) is 9.20. The third-order valence-corrected chi connectivity index (χ3v) is 3.13. The highest BCUT2D eigenvalue weighted by Gasteiger charge is 2.06. The molecule has 2 rings (SSSR count). The number of rotatable bonds is 5. The average Bonchev–Trinajstić information content (AvgIpc) is 2.39. The minimum Gasteiger partial charge on any atom is -0.488 e. The van der Waals surface area contributed by atoms with Gasteiger partial charge in [0.15, 0.2) is 0 Å². The molecule has 0 saturated heterocycles. The summed E-state index contributed by atoms with van der Waals surface area (Å²) in [4.78, 5) is 0. The molecular formula is C17H21NO. The van der Waals surface area contributed by atoms with Crippen LogP contribution in [0, 0.1) is 13.8 Å². The van der Waals surface area contributed by atoms with Crippen LogP contribution < -0.4 is 10.1 Å². The Bertz CT molecular complexity index is 511. The Hall–Kier alpha value is -1.80. The third-order valence-electron chi connectivity index (χ3n) is 3.13. The molecule has 0 bridgehead atoms. The lowest BCUT2D eigenvalue weighted by Gasteiger charge is -2.14. The number of hydrogen-bond acceptors (Lipinski definition) is 2. The number of nitrogens with one attached hydrogen (secondary N) is 1. The molecule has 0 aliphatic rings. The van der Waals surface area contributed by atoms with Gasteiger partial charge in [0.1, 0.15) is 12.4 Å². The molecule has 2 nitrogen and oxygen atoms in total. The summed E-state index contributed by atoms with van der Waals surface area (Å²) in [5.74, 6) is 1.00. The Morgan fingerprint density at radius 2 is 1.58 bits per heavy atom. The van der Waals surface area contributed by atoms with Gasteiger partial charge < -0.3 is 10.1 Å². The highest BCUT2D eigenvalue weighted by Crippen LogP contribution is 2.25. The Kier molecular flexibility index (Phi) is 4.58. The summed E-state index contributed by atoms with van der Waals surface area (Å²) in [6.45, 7) is 5.72. The Balaban J connectivity index is 2.12. The first-order valence-corrected chi connectivity index (χ1v) is 6.62. The van der Waals surface area contributed by atoms with Crippen LogP contribution in [-0.4, -0.2) is 7.05 Å². The van der Waals surface area contributed by atoms with Crippen LogP contribution in [0.5, 0.6) is 5.75 Å². The molecule has 0 saturated carbocycles. The van der Waals surface area contributed by atoms with Crippen molar-refractivity contribution in [3.05, 3.63) is 64.7 Å². The third kappa shape index (κ3) is 3.58. The Morgan fingerprint density at radius 3 is 2.16 bits per heavy atom. The summed E-state index contributed by atoms with van der Waals surface area (Å²) in [6, 6.07) is 14.6. The Labute approximate surface area is 115 Å².